The third-order valence-electron chi connectivity index (χ3n) is 5.35. The fraction of sp³-hybridized carbons (Fsp3) is 0.448. The molecule has 1 unspecified atom stereocenters. The van der Waals surface area contributed by atoms with Crippen LogP contribution in [-0.2, 0) is 22.6 Å². The lowest BCUT2D eigenvalue weighted by Gasteiger charge is -2.15. The van der Waals surface area contributed by atoms with Crippen molar-refractivity contribution in [2.45, 2.75) is 81.2 Å². The molecule has 3 rings (SSSR count). The van der Waals surface area contributed by atoms with E-state index in [2.05, 4.69) is 10.6 Å². The first-order valence-corrected chi connectivity index (χ1v) is 12.5. The highest BCUT2D eigenvalue weighted by Gasteiger charge is 2.21. The number of amides is 3. The average Bonchev–Trinajstić information content (AvgIpc) is 2.87. The van der Waals surface area contributed by atoms with Gasteiger partial charge in [0.15, 0.2) is 5.78 Å². The van der Waals surface area contributed by atoms with E-state index < -0.39 is 0 Å². The molecule has 0 saturated carbocycles. The molecule has 0 spiro atoms. The van der Waals surface area contributed by atoms with E-state index in [-0.39, 0.29) is 29.4 Å². The van der Waals surface area contributed by atoms with Crippen LogP contribution in [0.2, 0.25) is 0 Å². The predicted octanol–water partition coefficient (Wildman–Crippen LogP) is 5.80. The van der Waals surface area contributed by atoms with Crippen LogP contribution in [0.3, 0.4) is 0 Å². The van der Waals surface area contributed by atoms with E-state index in [9.17, 15) is 19.2 Å². The molecule has 1 saturated heterocycles. The Morgan fingerprint density at radius 3 is 2.09 bits per heavy atom. The summed E-state index contributed by atoms with van der Waals surface area (Å²) in [5.41, 5.74) is 4.39. The largest absolute Gasteiger partial charge is 0.348 e. The summed E-state index contributed by atoms with van der Waals surface area (Å²) in [4.78, 5) is 45.1. The van der Waals surface area contributed by atoms with Crippen LogP contribution < -0.4 is 10.6 Å². The summed E-state index contributed by atoms with van der Waals surface area (Å²) >= 11 is 0. The average molecular weight is 483 g/mol. The first kappa shape index (κ1) is 31.7. The minimum atomic E-state index is -0.141. The van der Waals surface area contributed by atoms with Crippen molar-refractivity contribution in [2.24, 2.45) is 5.92 Å². The minimum absolute atomic E-state index is 0.0164. The van der Waals surface area contributed by atoms with Gasteiger partial charge in [0, 0.05) is 30.0 Å². The first-order valence-electron chi connectivity index (χ1n) is 12.5. The van der Waals surface area contributed by atoms with Gasteiger partial charge >= 0.3 is 0 Å². The fourth-order valence-electron chi connectivity index (χ4n) is 3.45. The highest BCUT2D eigenvalue weighted by Crippen LogP contribution is 2.17. The van der Waals surface area contributed by atoms with Crippen molar-refractivity contribution in [1.29, 1.82) is 0 Å². The van der Waals surface area contributed by atoms with Gasteiger partial charge in [0.25, 0.3) is 5.91 Å². The number of hydrogen-bond acceptors (Lipinski definition) is 4. The highest BCUT2D eigenvalue weighted by atomic mass is 16.2. The summed E-state index contributed by atoms with van der Waals surface area (Å²) in [5, 5.41) is 5.20. The Bertz CT molecular complexity index is 982. The maximum atomic E-state index is 12.3. The molecule has 1 aliphatic rings. The van der Waals surface area contributed by atoms with E-state index in [1.54, 1.807) is 6.92 Å². The maximum Gasteiger partial charge on any atom is 0.251 e. The Kier molecular flexibility index (Phi) is 15.6. The molecule has 2 aromatic carbocycles. The van der Waals surface area contributed by atoms with E-state index in [1.165, 1.54) is 0 Å². The molecule has 0 aromatic heterocycles. The second kappa shape index (κ2) is 17.2. The van der Waals surface area contributed by atoms with Gasteiger partial charge in [-0.25, -0.2) is 0 Å². The van der Waals surface area contributed by atoms with E-state index >= 15 is 0 Å². The number of nitrogens with one attached hydrogen (secondary N) is 2. The van der Waals surface area contributed by atoms with Crippen molar-refractivity contribution in [3.8, 4) is 0 Å². The topological polar surface area (TPSA) is 92.3 Å². The number of benzene rings is 2. The van der Waals surface area contributed by atoms with Gasteiger partial charge in [0.05, 0.1) is 0 Å². The number of Topliss-reactive ketones (excluding diaryl/α,β-unsaturated/α-hetero) is 1. The summed E-state index contributed by atoms with van der Waals surface area (Å²) in [6.45, 7) is 15.8. The zero-order chi connectivity index (χ0) is 27.0. The van der Waals surface area contributed by atoms with E-state index in [1.807, 2.05) is 90.9 Å². The van der Waals surface area contributed by atoms with Crippen molar-refractivity contribution in [3.63, 3.8) is 0 Å². The van der Waals surface area contributed by atoms with Gasteiger partial charge in [-0.15, -0.1) is 0 Å². The molecule has 1 atom stereocenters. The maximum absolute atomic E-state index is 12.3. The van der Waals surface area contributed by atoms with Crippen LogP contribution >= 0.6 is 0 Å². The zero-order valence-electron chi connectivity index (χ0n) is 22.6. The standard InChI is InChI=1S/C19H21NO2.C6H9NO2.2C2H6/c1-4-16-15(9-7-11-18(16)14(3)21)12-20-19(22)17-10-6-5-8-13(17)2;1-4-2-3-5(8)7-6(4)9;2*1-2/h5-11H,4,12H2,1-3H3,(H,20,22);4H,2-3H2,1H3,(H,7,8,9);2*1-2H3. The number of hydrogen-bond donors (Lipinski definition) is 2. The van der Waals surface area contributed by atoms with Crippen LogP contribution in [0, 0.1) is 12.8 Å². The molecule has 0 radical (unpaired) electrons. The van der Waals surface area contributed by atoms with Gasteiger partial charge in [-0.3, -0.25) is 24.5 Å². The molecule has 1 aliphatic heterocycles. The Balaban J connectivity index is 0.000000740. The van der Waals surface area contributed by atoms with Gasteiger partial charge in [-0.05, 0) is 49.4 Å². The molecular weight excluding hydrogens is 440 g/mol. The van der Waals surface area contributed by atoms with Crippen LogP contribution in [0.5, 0.6) is 0 Å². The molecule has 0 aliphatic carbocycles. The van der Waals surface area contributed by atoms with Crippen molar-refractivity contribution in [3.05, 3.63) is 70.3 Å². The van der Waals surface area contributed by atoms with Crippen LogP contribution in [0.1, 0.15) is 98.7 Å². The van der Waals surface area contributed by atoms with Crippen LogP contribution in [0.4, 0.5) is 0 Å². The quantitative estimate of drug-likeness (QED) is 0.416. The molecule has 6 heteroatoms. The van der Waals surface area contributed by atoms with E-state index in [4.69, 9.17) is 0 Å². The molecule has 2 N–H and O–H groups in total. The molecule has 0 bridgehead atoms. The first-order chi connectivity index (χ1) is 16.7. The van der Waals surface area contributed by atoms with Crippen molar-refractivity contribution < 1.29 is 19.2 Å². The molecule has 6 nitrogen and oxygen atoms in total. The smallest absolute Gasteiger partial charge is 0.251 e. The third-order valence-corrected chi connectivity index (χ3v) is 5.35. The second-order valence-electron chi connectivity index (χ2n) is 7.70. The lowest BCUT2D eigenvalue weighted by Crippen LogP contribution is -2.39. The summed E-state index contributed by atoms with van der Waals surface area (Å²) in [5.74, 6) is -0.288. The van der Waals surface area contributed by atoms with E-state index in [0.29, 0.717) is 24.9 Å². The fourth-order valence-corrected chi connectivity index (χ4v) is 3.45. The molecule has 1 fully saturated rings. The normalized spacial score (nSPS) is 14.0. The summed E-state index contributed by atoms with van der Waals surface area (Å²) < 4.78 is 0. The van der Waals surface area contributed by atoms with Gasteiger partial charge in [0.1, 0.15) is 0 Å². The van der Waals surface area contributed by atoms with Crippen molar-refractivity contribution >= 4 is 23.5 Å². The SMILES string of the molecule is CC.CC.CC1CCC(=O)NC1=O.CCc1c(CNC(=O)c2ccccc2C)cccc1C(C)=O. The third kappa shape index (κ3) is 10.3. The number of piperidine rings is 1. The number of ketones is 1. The van der Waals surface area contributed by atoms with Crippen molar-refractivity contribution in [1.82, 2.24) is 10.6 Å². The van der Waals surface area contributed by atoms with Crippen LogP contribution in [0.25, 0.3) is 0 Å². The molecule has 192 valence electrons. The highest BCUT2D eigenvalue weighted by molar-refractivity contribution is 5.98. The molecular formula is C29H42N2O4. The Hall–Kier alpha value is -3.28. The summed E-state index contributed by atoms with van der Waals surface area (Å²) in [6.07, 6.45) is 1.96. The molecule has 2 aromatic rings. The van der Waals surface area contributed by atoms with Crippen molar-refractivity contribution in [2.75, 3.05) is 0 Å². The summed E-state index contributed by atoms with van der Waals surface area (Å²) in [7, 11) is 0. The Morgan fingerprint density at radius 2 is 1.57 bits per heavy atom. The Labute approximate surface area is 210 Å². The Morgan fingerprint density at radius 1 is 0.971 bits per heavy atom. The number of aryl methyl sites for hydroxylation is 1. The number of carbonyl (C=O) groups excluding carboxylic acids is 4. The number of carbonyl (C=O) groups is 4. The molecule has 1 heterocycles. The molecule has 35 heavy (non-hydrogen) atoms. The van der Waals surface area contributed by atoms with Crippen LogP contribution in [0.15, 0.2) is 42.5 Å². The summed E-state index contributed by atoms with van der Waals surface area (Å²) in [6, 6.07) is 13.2. The van der Waals surface area contributed by atoms with Gasteiger partial charge < -0.3 is 5.32 Å². The van der Waals surface area contributed by atoms with E-state index in [0.717, 1.165) is 28.7 Å². The number of imide groups is 1. The second-order valence-corrected chi connectivity index (χ2v) is 7.70. The van der Waals surface area contributed by atoms with Crippen LogP contribution in [-0.4, -0.2) is 23.5 Å². The lowest BCUT2D eigenvalue weighted by molar-refractivity contribution is -0.135. The lowest BCUT2D eigenvalue weighted by atomic mass is 9.96. The molecule has 3 amide bonds. The van der Waals surface area contributed by atoms with Gasteiger partial charge in [-0.2, -0.15) is 0 Å². The minimum Gasteiger partial charge on any atom is -0.348 e. The van der Waals surface area contributed by atoms with Gasteiger partial charge in [0.2, 0.25) is 11.8 Å². The number of rotatable bonds is 5. The zero-order valence-corrected chi connectivity index (χ0v) is 22.6. The predicted molar refractivity (Wildman–Crippen MR) is 142 cm³/mol. The van der Waals surface area contributed by atoms with Gasteiger partial charge in [-0.1, -0.05) is 77.9 Å². The monoisotopic (exact) mass is 482 g/mol.